The summed E-state index contributed by atoms with van der Waals surface area (Å²) in [5.41, 5.74) is 1.54. The summed E-state index contributed by atoms with van der Waals surface area (Å²) in [7, 11) is 5.50. The molecule has 3 rings (SSSR count). The van der Waals surface area contributed by atoms with Gasteiger partial charge >= 0.3 is 0 Å². The monoisotopic (exact) mass is 222 g/mol. The summed E-state index contributed by atoms with van der Waals surface area (Å²) in [5.74, 6) is 0. The topological polar surface area (TPSA) is 48.0 Å². The fourth-order valence-corrected chi connectivity index (χ4v) is 1.71. The molecule has 0 aliphatic carbocycles. The van der Waals surface area contributed by atoms with Gasteiger partial charge in [-0.25, -0.2) is 0 Å². The van der Waals surface area contributed by atoms with E-state index in [2.05, 4.69) is 4.98 Å². The average Bonchev–Trinajstić information content (AvgIpc) is 2.80. The maximum atomic E-state index is 12.1. The van der Waals surface area contributed by atoms with Crippen LogP contribution in [0.4, 0.5) is 0 Å². The molecule has 4 nitrogen and oxygen atoms in total. The normalized spacial score (nSPS) is 10.8. The molecule has 80 valence electrons. The highest BCUT2D eigenvalue weighted by atomic mass is 16.3. The number of pyridine rings is 2. The van der Waals surface area contributed by atoms with Gasteiger partial charge in [0.25, 0.3) is 5.56 Å². The second-order valence-electron chi connectivity index (χ2n) is 3.63. The summed E-state index contributed by atoms with van der Waals surface area (Å²) in [4.78, 5) is 16.1. The van der Waals surface area contributed by atoms with Crippen LogP contribution in [0, 0.1) is 0 Å². The van der Waals surface area contributed by atoms with Crippen molar-refractivity contribution in [2.45, 2.75) is 0 Å². The fraction of sp³-hybridized carbons (Fsp3) is 0. The molecular weight excluding hydrogens is 215 g/mol. The van der Waals surface area contributed by atoms with E-state index in [0.717, 1.165) is 0 Å². The van der Waals surface area contributed by atoms with Crippen molar-refractivity contribution in [3.05, 3.63) is 53.3 Å². The standard InChI is InChI=1S/C12H7BN2O2/c13-11-2-1-8(7-14-11)15-5-3-10-9(12(15)16)4-6-17-10/h1-7H. The third-order valence-electron chi connectivity index (χ3n) is 2.57. The molecule has 0 fully saturated rings. The summed E-state index contributed by atoms with van der Waals surface area (Å²) in [6.45, 7) is 0. The highest BCUT2D eigenvalue weighted by molar-refractivity contribution is 6.30. The Kier molecular flexibility index (Phi) is 2.11. The first-order chi connectivity index (χ1) is 8.25. The van der Waals surface area contributed by atoms with E-state index >= 15 is 0 Å². The van der Waals surface area contributed by atoms with Gasteiger partial charge < -0.3 is 4.42 Å². The third kappa shape index (κ3) is 1.56. The van der Waals surface area contributed by atoms with Crippen molar-refractivity contribution in [1.82, 2.24) is 9.55 Å². The Morgan fingerprint density at radius 2 is 2.12 bits per heavy atom. The third-order valence-corrected chi connectivity index (χ3v) is 2.57. The quantitative estimate of drug-likeness (QED) is 0.571. The molecule has 3 aromatic rings. The molecule has 0 aromatic carbocycles. The van der Waals surface area contributed by atoms with E-state index in [1.54, 1.807) is 36.7 Å². The van der Waals surface area contributed by atoms with Gasteiger partial charge in [-0.2, -0.15) is 0 Å². The van der Waals surface area contributed by atoms with E-state index in [0.29, 0.717) is 22.2 Å². The minimum atomic E-state index is -0.136. The number of nitrogens with zero attached hydrogens (tertiary/aromatic N) is 2. The molecule has 0 saturated heterocycles. The molecule has 0 saturated carbocycles. The van der Waals surface area contributed by atoms with Crippen LogP contribution in [0.15, 0.2) is 52.1 Å². The lowest BCUT2D eigenvalue weighted by atomic mass is 10.0. The first kappa shape index (κ1) is 9.90. The van der Waals surface area contributed by atoms with Crippen molar-refractivity contribution in [2.75, 3.05) is 0 Å². The van der Waals surface area contributed by atoms with Crippen molar-refractivity contribution < 1.29 is 4.42 Å². The maximum absolute atomic E-state index is 12.1. The van der Waals surface area contributed by atoms with Crippen LogP contribution in [0.1, 0.15) is 0 Å². The lowest BCUT2D eigenvalue weighted by molar-refractivity contribution is 0.615. The molecule has 5 heteroatoms. The maximum Gasteiger partial charge on any atom is 0.266 e. The second kappa shape index (κ2) is 3.62. The van der Waals surface area contributed by atoms with Crippen LogP contribution in [0.25, 0.3) is 16.7 Å². The number of hydrogen-bond donors (Lipinski definition) is 0. The van der Waals surface area contributed by atoms with E-state index in [1.165, 1.54) is 10.8 Å². The zero-order chi connectivity index (χ0) is 11.8. The van der Waals surface area contributed by atoms with E-state index in [9.17, 15) is 4.79 Å². The Balaban J connectivity index is 2.27. The van der Waals surface area contributed by atoms with Crippen molar-refractivity contribution in [2.24, 2.45) is 0 Å². The van der Waals surface area contributed by atoms with Crippen molar-refractivity contribution >= 4 is 24.4 Å². The van der Waals surface area contributed by atoms with Gasteiger partial charge in [-0.15, -0.1) is 0 Å². The Bertz CT molecular complexity index is 728. The molecule has 2 radical (unpaired) electrons. The van der Waals surface area contributed by atoms with Crippen LogP contribution < -0.4 is 11.2 Å². The zero-order valence-electron chi connectivity index (χ0n) is 8.83. The van der Waals surface area contributed by atoms with E-state index in [4.69, 9.17) is 12.3 Å². The van der Waals surface area contributed by atoms with Gasteiger partial charge in [0.05, 0.1) is 23.5 Å². The number of hydrogen-bond acceptors (Lipinski definition) is 3. The predicted octanol–water partition coefficient (Wildman–Crippen LogP) is 0.772. The number of fused-ring (bicyclic) bond motifs is 1. The van der Waals surface area contributed by atoms with Gasteiger partial charge in [-0.1, -0.05) is 0 Å². The lowest BCUT2D eigenvalue weighted by Gasteiger charge is -2.04. The lowest BCUT2D eigenvalue weighted by Crippen LogP contribution is -2.18. The number of furan rings is 1. The highest BCUT2D eigenvalue weighted by Gasteiger charge is 2.06. The van der Waals surface area contributed by atoms with Crippen LogP contribution in [-0.4, -0.2) is 17.4 Å². The fourth-order valence-electron chi connectivity index (χ4n) is 1.71. The van der Waals surface area contributed by atoms with Crippen molar-refractivity contribution in [3.63, 3.8) is 0 Å². The molecule has 0 unspecified atom stereocenters. The minimum Gasteiger partial charge on any atom is -0.464 e. The number of rotatable bonds is 1. The zero-order valence-corrected chi connectivity index (χ0v) is 8.83. The molecule has 0 N–H and O–H groups in total. The molecule has 0 bridgehead atoms. The van der Waals surface area contributed by atoms with Crippen molar-refractivity contribution in [1.29, 1.82) is 0 Å². The van der Waals surface area contributed by atoms with Gasteiger partial charge in [0, 0.05) is 6.20 Å². The molecule has 0 atom stereocenters. The Hall–Kier alpha value is -2.30. The summed E-state index contributed by atoms with van der Waals surface area (Å²) >= 11 is 0. The van der Waals surface area contributed by atoms with E-state index < -0.39 is 0 Å². The number of aromatic nitrogens is 2. The van der Waals surface area contributed by atoms with Gasteiger partial charge in [-0.3, -0.25) is 14.3 Å². The SMILES string of the molecule is [B]c1ccc(-n2ccc3occc3c2=O)cn1. The Morgan fingerprint density at radius 1 is 1.24 bits per heavy atom. The molecule has 3 heterocycles. The largest absolute Gasteiger partial charge is 0.464 e. The van der Waals surface area contributed by atoms with Crippen LogP contribution in [0.3, 0.4) is 0 Å². The van der Waals surface area contributed by atoms with Gasteiger partial charge in [0.1, 0.15) is 13.4 Å². The Labute approximate surface area is 97.9 Å². The summed E-state index contributed by atoms with van der Waals surface area (Å²) < 4.78 is 6.66. The van der Waals surface area contributed by atoms with Crippen LogP contribution >= 0.6 is 0 Å². The average molecular weight is 222 g/mol. The van der Waals surface area contributed by atoms with Crippen LogP contribution in [0.2, 0.25) is 0 Å². The molecule has 17 heavy (non-hydrogen) atoms. The molecule has 0 aliphatic rings. The minimum absolute atomic E-state index is 0.136. The van der Waals surface area contributed by atoms with Crippen LogP contribution in [0.5, 0.6) is 0 Å². The first-order valence-electron chi connectivity index (χ1n) is 5.06. The first-order valence-corrected chi connectivity index (χ1v) is 5.06. The van der Waals surface area contributed by atoms with Gasteiger partial charge in [0.2, 0.25) is 0 Å². The molecule has 3 aromatic heterocycles. The molecule has 0 amide bonds. The van der Waals surface area contributed by atoms with Gasteiger partial charge in [-0.05, 0) is 29.9 Å². The molecule has 0 spiro atoms. The van der Waals surface area contributed by atoms with E-state index in [-0.39, 0.29) is 5.56 Å². The van der Waals surface area contributed by atoms with Gasteiger partial charge in [0.15, 0.2) is 0 Å². The summed E-state index contributed by atoms with van der Waals surface area (Å²) in [5, 5.41) is 0.546. The van der Waals surface area contributed by atoms with Crippen molar-refractivity contribution in [3.8, 4) is 5.69 Å². The summed E-state index contributed by atoms with van der Waals surface area (Å²) in [6, 6.07) is 6.79. The predicted molar refractivity (Wildman–Crippen MR) is 65.0 cm³/mol. The van der Waals surface area contributed by atoms with E-state index in [1.807, 2.05) is 0 Å². The summed E-state index contributed by atoms with van der Waals surface area (Å²) in [6.07, 6.45) is 4.71. The van der Waals surface area contributed by atoms with Crippen LogP contribution in [-0.2, 0) is 0 Å². The second-order valence-corrected chi connectivity index (χ2v) is 3.63. The Morgan fingerprint density at radius 3 is 2.88 bits per heavy atom. The molecule has 0 aliphatic heterocycles. The highest BCUT2D eigenvalue weighted by Crippen LogP contribution is 2.11. The molecular formula is C12H7BN2O2. The smallest absolute Gasteiger partial charge is 0.266 e.